The third-order valence-corrected chi connectivity index (χ3v) is 6.24. The molecule has 3 rings (SSSR count). The maximum atomic E-state index is 12.3. The predicted molar refractivity (Wildman–Crippen MR) is 91.2 cm³/mol. The van der Waals surface area contributed by atoms with Crippen LogP contribution in [0.15, 0.2) is 54.6 Å². The van der Waals surface area contributed by atoms with E-state index in [1.54, 1.807) is 16.8 Å². The van der Waals surface area contributed by atoms with Crippen molar-refractivity contribution in [2.75, 3.05) is 0 Å². The Kier molecular flexibility index (Phi) is 4.88. The third-order valence-electron chi connectivity index (χ3n) is 3.50. The van der Waals surface area contributed by atoms with Crippen LogP contribution in [0.5, 0.6) is 5.75 Å². The van der Waals surface area contributed by atoms with Crippen molar-refractivity contribution in [2.24, 2.45) is 0 Å². The van der Waals surface area contributed by atoms with E-state index < -0.39 is 6.36 Å². The Bertz CT molecular complexity index is 859. The summed E-state index contributed by atoms with van der Waals surface area (Å²) in [5.41, 5.74) is 2.62. The molecule has 0 unspecified atom stereocenters. The van der Waals surface area contributed by atoms with Gasteiger partial charge in [0, 0.05) is 0 Å². The molecule has 0 fully saturated rings. The molecule has 7 heteroatoms. The Balaban J connectivity index is 1.87. The summed E-state index contributed by atoms with van der Waals surface area (Å²) in [6.45, 7) is 3.92. The van der Waals surface area contributed by atoms with Gasteiger partial charge in [0.2, 0.25) is 0 Å². The Labute approximate surface area is 149 Å². The van der Waals surface area contributed by atoms with Crippen LogP contribution in [0.4, 0.5) is 13.2 Å². The molecule has 0 saturated carbocycles. The number of benzene rings is 2. The van der Waals surface area contributed by atoms with Crippen LogP contribution in [-0.2, 0) is 0 Å². The summed E-state index contributed by atoms with van der Waals surface area (Å²) in [5, 5.41) is 4.55. The first-order valence-electron chi connectivity index (χ1n) is 7.49. The average Bonchev–Trinajstić information content (AvgIpc) is 2.83. The van der Waals surface area contributed by atoms with Crippen molar-refractivity contribution < 1.29 is 17.9 Å². The molecule has 25 heavy (non-hydrogen) atoms. The van der Waals surface area contributed by atoms with E-state index in [1.807, 2.05) is 32.0 Å². The molecule has 3 nitrogen and oxygen atoms in total. The van der Waals surface area contributed by atoms with Crippen LogP contribution in [0.25, 0.3) is 5.69 Å². The molecule has 0 atom stereocenters. The zero-order valence-corrected chi connectivity index (χ0v) is 15.3. The fourth-order valence-electron chi connectivity index (χ4n) is 2.42. The average molecular weight is 411 g/mol. The summed E-state index contributed by atoms with van der Waals surface area (Å²) in [5.74, 6) is -0.244. The van der Waals surface area contributed by atoms with Gasteiger partial charge in [-0.3, -0.25) is 0 Å². The molecule has 130 valence electrons. The van der Waals surface area contributed by atoms with Gasteiger partial charge in [-0.15, -0.1) is 0 Å². The minimum absolute atomic E-state index is 0.118. The first-order chi connectivity index (χ1) is 11.8. The van der Waals surface area contributed by atoms with Gasteiger partial charge < -0.3 is 0 Å². The van der Waals surface area contributed by atoms with Crippen molar-refractivity contribution in [3.8, 4) is 11.4 Å². The summed E-state index contributed by atoms with van der Waals surface area (Å²) in [6.07, 6.45) is -4.69. The maximum absolute atomic E-state index is 12.3. The number of hydrogen-bond acceptors (Lipinski definition) is 2. The summed E-state index contributed by atoms with van der Waals surface area (Å²) < 4.78 is 44.8. The van der Waals surface area contributed by atoms with E-state index in [2.05, 4.69) is 22.0 Å². The second-order valence-electron chi connectivity index (χ2n) is 5.37. The number of ether oxygens (including phenoxy) is 1. The molecule has 0 radical (unpaired) electrons. The number of hydrogen-bond donors (Lipinski definition) is 0. The molecule has 0 aliphatic carbocycles. The van der Waals surface area contributed by atoms with E-state index in [-0.39, 0.29) is 20.7 Å². The van der Waals surface area contributed by atoms with Crippen LogP contribution < -0.4 is 13.7 Å². The molecule has 0 spiro atoms. The van der Waals surface area contributed by atoms with Crippen LogP contribution in [0.1, 0.15) is 11.4 Å². The molecule has 2 aromatic carbocycles. The van der Waals surface area contributed by atoms with Gasteiger partial charge >= 0.3 is 149 Å². The van der Waals surface area contributed by atoms with Crippen LogP contribution in [-0.4, -0.2) is 31.1 Å². The molecule has 0 N–H and O–H groups in total. The molecular weight excluding hydrogens is 396 g/mol. The van der Waals surface area contributed by atoms with Crippen molar-refractivity contribution >= 4 is 23.9 Å². The molecule has 0 amide bonds. The molecule has 3 aromatic rings. The van der Waals surface area contributed by atoms with Crippen molar-refractivity contribution in [3.05, 3.63) is 66.0 Å². The minimum atomic E-state index is -4.69. The van der Waals surface area contributed by atoms with Crippen LogP contribution in [0, 0.1) is 13.8 Å². The number of rotatable bonds is 4. The van der Waals surface area contributed by atoms with Gasteiger partial charge in [-0.1, -0.05) is 0 Å². The van der Waals surface area contributed by atoms with Gasteiger partial charge in [0.25, 0.3) is 0 Å². The number of nitrogens with zero attached hydrogens (tertiary/aromatic N) is 2. The fraction of sp³-hybridized carbons (Fsp3) is 0.167. The van der Waals surface area contributed by atoms with E-state index >= 15 is 0 Å². The van der Waals surface area contributed by atoms with E-state index in [0.29, 0.717) is 5.69 Å². The SMILES string of the molecule is Cc1nn(-c2ccc(OC(F)(F)F)cc2)c(C)c1[Se]c1ccccc1. The number of aryl methyl sites for hydroxylation is 1. The molecule has 0 aliphatic rings. The van der Waals surface area contributed by atoms with E-state index in [9.17, 15) is 13.2 Å². The zero-order chi connectivity index (χ0) is 18.0. The summed E-state index contributed by atoms with van der Waals surface area (Å²) in [6, 6.07) is 15.9. The van der Waals surface area contributed by atoms with Crippen LogP contribution >= 0.6 is 0 Å². The van der Waals surface area contributed by atoms with E-state index in [0.717, 1.165) is 11.4 Å². The van der Waals surface area contributed by atoms with E-state index in [1.165, 1.54) is 21.1 Å². The molecule has 0 saturated heterocycles. The summed E-state index contributed by atoms with van der Waals surface area (Å²) >= 11 is 0.118. The third kappa shape index (κ3) is 4.24. The standard InChI is InChI=1S/C18H15F3N2OSe/c1-12-17(25-16-6-4-3-5-7-16)13(2)23(22-12)14-8-10-15(11-9-14)24-18(19,20)21/h3-11H,1-2H3. The molecule has 1 heterocycles. The Morgan fingerprint density at radius 1 is 0.960 bits per heavy atom. The van der Waals surface area contributed by atoms with Crippen molar-refractivity contribution in [1.82, 2.24) is 9.78 Å². The summed E-state index contributed by atoms with van der Waals surface area (Å²) in [7, 11) is 0. The summed E-state index contributed by atoms with van der Waals surface area (Å²) in [4.78, 5) is 0. The molecule has 0 aliphatic heterocycles. The van der Waals surface area contributed by atoms with Crippen LogP contribution in [0.2, 0.25) is 0 Å². The van der Waals surface area contributed by atoms with E-state index in [4.69, 9.17) is 0 Å². The number of alkyl halides is 3. The molecular formula is C18H15F3N2OSe. The Hall–Kier alpha value is -2.24. The second-order valence-corrected chi connectivity index (χ2v) is 7.64. The Morgan fingerprint density at radius 2 is 1.60 bits per heavy atom. The first-order valence-corrected chi connectivity index (χ1v) is 9.20. The predicted octanol–water partition coefficient (Wildman–Crippen LogP) is 3.04. The van der Waals surface area contributed by atoms with Gasteiger partial charge in [-0.2, -0.15) is 0 Å². The zero-order valence-electron chi connectivity index (χ0n) is 13.5. The monoisotopic (exact) mass is 412 g/mol. The van der Waals surface area contributed by atoms with Crippen molar-refractivity contribution in [2.45, 2.75) is 20.2 Å². The molecule has 0 bridgehead atoms. The van der Waals surface area contributed by atoms with Crippen molar-refractivity contribution in [3.63, 3.8) is 0 Å². The van der Waals surface area contributed by atoms with Gasteiger partial charge in [-0.25, -0.2) is 0 Å². The van der Waals surface area contributed by atoms with Crippen molar-refractivity contribution in [1.29, 1.82) is 0 Å². The normalized spacial score (nSPS) is 11.6. The van der Waals surface area contributed by atoms with Gasteiger partial charge in [0.15, 0.2) is 0 Å². The van der Waals surface area contributed by atoms with Gasteiger partial charge in [0.1, 0.15) is 0 Å². The first kappa shape index (κ1) is 17.6. The molecule has 1 aromatic heterocycles. The van der Waals surface area contributed by atoms with Gasteiger partial charge in [0.05, 0.1) is 0 Å². The van der Waals surface area contributed by atoms with Crippen LogP contribution in [0.3, 0.4) is 0 Å². The topological polar surface area (TPSA) is 27.1 Å². The fourth-order valence-corrected chi connectivity index (χ4v) is 4.42. The quantitative estimate of drug-likeness (QED) is 0.618. The second kappa shape index (κ2) is 6.94. The number of halogens is 3. The van der Waals surface area contributed by atoms with Gasteiger partial charge in [-0.05, 0) is 0 Å². The number of aromatic nitrogens is 2. The Morgan fingerprint density at radius 3 is 2.20 bits per heavy atom.